The first-order valence-corrected chi connectivity index (χ1v) is 9.58. The van der Waals surface area contributed by atoms with Gasteiger partial charge in [-0.1, -0.05) is 12.1 Å². The summed E-state index contributed by atoms with van der Waals surface area (Å²) in [5, 5.41) is 3.63. The number of nitrogens with one attached hydrogen (secondary N) is 1. The molecular formula is C21H24N4O4. The summed E-state index contributed by atoms with van der Waals surface area (Å²) in [5.41, 5.74) is 1.86. The van der Waals surface area contributed by atoms with Crippen LogP contribution in [0.3, 0.4) is 0 Å². The lowest BCUT2D eigenvalue weighted by Gasteiger charge is -2.28. The van der Waals surface area contributed by atoms with Crippen molar-refractivity contribution in [1.82, 2.24) is 15.3 Å². The van der Waals surface area contributed by atoms with Crippen LogP contribution in [0.4, 0.5) is 5.82 Å². The first-order valence-electron chi connectivity index (χ1n) is 9.58. The van der Waals surface area contributed by atoms with Crippen LogP contribution in [-0.2, 0) is 11.3 Å². The van der Waals surface area contributed by atoms with E-state index in [0.717, 1.165) is 17.1 Å². The Bertz CT molecular complexity index is 1040. The van der Waals surface area contributed by atoms with E-state index >= 15 is 0 Å². The van der Waals surface area contributed by atoms with Crippen molar-refractivity contribution in [1.29, 1.82) is 0 Å². The predicted octanol–water partition coefficient (Wildman–Crippen LogP) is 2.61. The van der Waals surface area contributed by atoms with Crippen molar-refractivity contribution in [3.63, 3.8) is 0 Å². The summed E-state index contributed by atoms with van der Waals surface area (Å²) < 4.78 is 16.5. The second-order valence-corrected chi connectivity index (χ2v) is 6.94. The smallest absolute Gasteiger partial charge is 0.255 e. The third kappa shape index (κ3) is 3.88. The van der Waals surface area contributed by atoms with Crippen molar-refractivity contribution in [2.24, 2.45) is 0 Å². The van der Waals surface area contributed by atoms with Gasteiger partial charge < -0.3 is 24.1 Å². The van der Waals surface area contributed by atoms with Crippen molar-refractivity contribution in [2.75, 3.05) is 38.3 Å². The minimum atomic E-state index is -0.217. The number of aromatic nitrogens is 2. The Hall–Kier alpha value is -3.13. The molecule has 1 N–H and O–H groups in total. The largest absolute Gasteiger partial charge is 0.497 e. The van der Waals surface area contributed by atoms with Crippen LogP contribution in [0.15, 0.2) is 28.7 Å². The monoisotopic (exact) mass is 396 g/mol. The van der Waals surface area contributed by atoms with E-state index in [0.29, 0.717) is 61.1 Å². The lowest BCUT2D eigenvalue weighted by molar-refractivity contribution is 0.0950. The minimum Gasteiger partial charge on any atom is -0.497 e. The Morgan fingerprint density at radius 2 is 2.03 bits per heavy atom. The van der Waals surface area contributed by atoms with Gasteiger partial charge in [-0.2, -0.15) is 4.98 Å². The second-order valence-electron chi connectivity index (χ2n) is 6.94. The molecule has 0 unspecified atom stereocenters. The fraction of sp³-hybridized carbons (Fsp3) is 0.381. The van der Waals surface area contributed by atoms with E-state index in [1.165, 1.54) is 0 Å². The van der Waals surface area contributed by atoms with Gasteiger partial charge in [0.05, 0.1) is 31.3 Å². The maximum absolute atomic E-state index is 13.1. The number of nitrogens with zero attached hydrogens (tertiary/aromatic N) is 3. The zero-order valence-corrected chi connectivity index (χ0v) is 16.8. The van der Waals surface area contributed by atoms with Gasteiger partial charge in [0.25, 0.3) is 5.91 Å². The van der Waals surface area contributed by atoms with Gasteiger partial charge in [0.1, 0.15) is 23.2 Å². The molecule has 1 aliphatic heterocycles. The number of aryl methyl sites for hydroxylation is 2. The van der Waals surface area contributed by atoms with Gasteiger partial charge in [-0.05, 0) is 31.5 Å². The molecule has 8 nitrogen and oxygen atoms in total. The average molecular weight is 396 g/mol. The van der Waals surface area contributed by atoms with Crippen LogP contribution < -0.4 is 15.0 Å². The Balaban J connectivity index is 1.67. The number of carbonyl (C=O) groups is 1. The number of fused-ring (bicyclic) bond motifs is 1. The lowest BCUT2D eigenvalue weighted by Crippen LogP contribution is -2.37. The number of rotatable bonds is 5. The second kappa shape index (κ2) is 8.08. The molecule has 4 rings (SSSR count). The summed E-state index contributed by atoms with van der Waals surface area (Å²) in [4.78, 5) is 24.2. The molecule has 1 amide bonds. The van der Waals surface area contributed by atoms with Gasteiger partial charge in [0, 0.05) is 19.6 Å². The third-order valence-corrected chi connectivity index (χ3v) is 4.95. The molecule has 1 saturated heterocycles. The highest BCUT2D eigenvalue weighted by molar-refractivity contribution is 6.10. The quantitative estimate of drug-likeness (QED) is 0.709. The molecule has 0 spiro atoms. The van der Waals surface area contributed by atoms with Crippen molar-refractivity contribution in [3.8, 4) is 5.75 Å². The number of amides is 1. The zero-order valence-electron chi connectivity index (χ0n) is 16.8. The number of morpholine rings is 1. The van der Waals surface area contributed by atoms with E-state index in [9.17, 15) is 4.79 Å². The van der Waals surface area contributed by atoms with Crippen molar-refractivity contribution in [2.45, 2.75) is 20.4 Å². The van der Waals surface area contributed by atoms with Crippen LogP contribution in [0.1, 0.15) is 27.5 Å². The van der Waals surface area contributed by atoms with E-state index in [2.05, 4.69) is 20.2 Å². The Morgan fingerprint density at radius 3 is 2.79 bits per heavy atom. The number of hydrogen-bond donors (Lipinski definition) is 1. The molecule has 3 heterocycles. The average Bonchev–Trinajstić information content (AvgIpc) is 3.07. The van der Waals surface area contributed by atoms with Crippen LogP contribution >= 0.6 is 0 Å². The Morgan fingerprint density at radius 1 is 1.24 bits per heavy atom. The van der Waals surface area contributed by atoms with Crippen LogP contribution in [0.5, 0.6) is 5.75 Å². The number of hydrogen-bond acceptors (Lipinski definition) is 7. The predicted molar refractivity (Wildman–Crippen MR) is 108 cm³/mol. The summed E-state index contributed by atoms with van der Waals surface area (Å²) in [6.07, 6.45) is 0. The lowest BCUT2D eigenvalue weighted by atomic mass is 10.1. The summed E-state index contributed by atoms with van der Waals surface area (Å²) in [5.74, 6) is 2.39. The molecular weight excluding hydrogens is 372 g/mol. The summed E-state index contributed by atoms with van der Waals surface area (Å²) in [6.45, 7) is 6.64. The van der Waals surface area contributed by atoms with E-state index in [4.69, 9.17) is 13.9 Å². The molecule has 0 saturated carbocycles. The molecule has 1 fully saturated rings. The van der Waals surface area contributed by atoms with Gasteiger partial charge in [0.15, 0.2) is 0 Å². The molecule has 152 valence electrons. The highest BCUT2D eigenvalue weighted by atomic mass is 16.5. The normalized spacial score (nSPS) is 14.2. The first kappa shape index (κ1) is 19.2. The number of anilines is 1. The van der Waals surface area contributed by atoms with Crippen molar-refractivity contribution in [3.05, 3.63) is 47.0 Å². The molecule has 1 aliphatic rings. The topological polar surface area (TPSA) is 89.7 Å². The molecule has 29 heavy (non-hydrogen) atoms. The number of carbonyl (C=O) groups excluding carboxylic acids is 1. The number of benzene rings is 1. The number of methoxy groups -OCH3 is 1. The van der Waals surface area contributed by atoms with Crippen molar-refractivity contribution < 1.29 is 18.7 Å². The highest BCUT2D eigenvalue weighted by Gasteiger charge is 2.26. The van der Waals surface area contributed by atoms with Gasteiger partial charge in [-0.25, -0.2) is 4.98 Å². The van der Waals surface area contributed by atoms with Gasteiger partial charge in [-0.3, -0.25) is 4.79 Å². The summed E-state index contributed by atoms with van der Waals surface area (Å²) in [7, 11) is 1.62. The van der Waals surface area contributed by atoms with E-state index in [-0.39, 0.29) is 5.91 Å². The van der Waals surface area contributed by atoms with E-state index in [1.54, 1.807) is 14.0 Å². The van der Waals surface area contributed by atoms with Gasteiger partial charge in [0.2, 0.25) is 5.71 Å². The summed E-state index contributed by atoms with van der Waals surface area (Å²) >= 11 is 0. The minimum absolute atomic E-state index is 0.217. The molecule has 2 aromatic heterocycles. The van der Waals surface area contributed by atoms with Crippen LogP contribution in [0, 0.1) is 13.8 Å². The third-order valence-electron chi connectivity index (χ3n) is 4.95. The molecule has 0 atom stereocenters. The molecule has 1 aromatic carbocycles. The maximum Gasteiger partial charge on any atom is 0.255 e. The van der Waals surface area contributed by atoms with Gasteiger partial charge >= 0.3 is 0 Å². The van der Waals surface area contributed by atoms with Crippen LogP contribution in [0.2, 0.25) is 0 Å². The summed E-state index contributed by atoms with van der Waals surface area (Å²) in [6, 6.07) is 7.60. The Kier molecular flexibility index (Phi) is 5.35. The first-order chi connectivity index (χ1) is 14.1. The van der Waals surface area contributed by atoms with E-state index < -0.39 is 0 Å². The highest BCUT2D eigenvalue weighted by Crippen LogP contribution is 2.32. The standard InChI is InChI=1S/C21H24N4O4/c1-13-17(20(26)22-12-15-5-4-6-16(11-15)27-3)18-19(25-7-9-28-10-8-25)23-14(2)24-21(18)29-13/h4-6,11H,7-10,12H2,1-3H3,(H,22,26). The van der Waals surface area contributed by atoms with Gasteiger partial charge in [-0.15, -0.1) is 0 Å². The maximum atomic E-state index is 13.1. The van der Waals surface area contributed by atoms with Crippen LogP contribution in [-0.4, -0.2) is 49.3 Å². The molecule has 0 aliphatic carbocycles. The molecule has 8 heteroatoms. The fourth-order valence-corrected chi connectivity index (χ4v) is 3.53. The number of ether oxygens (including phenoxy) is 2. The fourth-order valence-electron chi connectivity index (χ4n) is 3.53. The zero-order chi connectivity index (χ0) is 20.4. The van der Waals surface area contributed by atoms with Crippen molar-refractivity contribution >= 4 is 22.8 Å². The number of furan rings is 1. The molecule has 0 bridgehead atoms. The molecule has 0 radical (unpaired) electrons. The SMILES string of the molecule is COc1cccc(CNC(=O)c2c(C)oc3nc(C)nc(N4CCOCC4)c23)c1. The molecule has 3 aromatic rings. The van der Waals surface area contributed by atoms with Crippen LogP contribution in [0.25, 0.3) is 11.1 Å². The Labute approximate surface area is 168 Å². The van der Waals surface area contributed by atoms with E-state index in [1.807, 2.05) is 31.2 Å².